The third-order valence-electron chi connectivity index (χ3n) is 6.12. The van der Waals surface area contributed by atoms with Crippen LogP contribution >= 0.6 is 0 Å². The van der Waals surface area contributed by atoms with Gasteiger partial charge in [-0.15, -0.1) is 0 Å². The van der Waals surface area contributed by atoms with Crippen molar-refractivity contribution in [1.29, 1.82) is 0 Å². The van der Waals surface area contributed by atoms with Crippen molar-refractivity contribution in [2.24, 2.45) is 0 Å². The number of benzene rings is 1. The van der Waals surface area contributed by atoms with Crippen LogP contribution in [-0.2, 0) is 11.2 Å². The number of hydrogen-bond acceptors (Lipinski definition) is 8. The molecule has 1 saturated heterocycles. The molecule has 4 aromatic rings. The molecular formula is C27H33N5O3. The summed E-state index contributed by atoms with van der Waals surface area (Å²) in [5.41, 5.74) is 4.89. The first-order valence-electron chi connectivity index (χ1n) is 12.2. The van der Waals surface area contributed by atoms with Crippen molar-refractivity contribution in [1.82, 2.24) is 20.3 Å². The Kier molecular flexibility index (Phi) is 6.34. The number of ether oxygens (including phenoxy) is 2. The van der Waals surface area contributed by atoms with Gasteiger partial charge in [0, 0.05) is 49.8 Å². The van der Waals surface area contributed by atoms with Gasteiger partial charge in [0.05, 0.1) is 16.7 Å². The van der Waals surface area contributed by atoms with E-state index in [-0.39, 0.29) is 12.3 Å². The number of aromatic nitrogens is 3. The second-order valence-corrected chi connectivity index (χ2v) is 10.1. The van der Waals surface area contributed by atoms with E-state index in [1.54, 1.807) is 7.11 Å². The molecule has 0 bridgehead atoms. The fourth-order valence-electron chi connectivity index (χ4n) is 4.62. The minimum atomic E-state index is 0.108. The highest BCUT2D eigenvalue weighted by molar-refractivity contribution is 5.86. The molecule has 3 aromatic heterocycles. The van der Waals surface area contributed by atoms with E-state index in [2.05, 4.69) is 42.0 Å². The van der Waals surface area contributed by atoms with Gasteiger partial charge in [-0.05, 0) is 57.5 Å². The van der Waals surface area contributed by atoms with E-state index < -0.39 is 0 Å². The fraction of sp³-hybridized carbons (Fsp3) is 0.444. The summed E-state index contributed by atoms with van der Waals surface area (Å²) in [5.74, 6) is 2.34. The summed E-state index contributed by atoms with van der Waals surface area (Å²) in [5, 5.41) is 3.70. The number of nitrogens with one attached hydrogen (secondary N) is 1. The van der Waals surface area contributed by atoms with E-state index in [1.807, 2.05) is 37.3 Å². The summed E-state index contributed by atoms with van der Waals surface area (Å²) < 4.78 is 16.9. The molecule has 1 fully saturated rings. The first-order chi connectivity index (χ1) is 16.8. The highest BCUT2D eigenvalue weighted by Gasteiger charge is 2.26. The summed E-state index contributed by atoms with van der Waals surface area (Å²) in [7, 11) is 1.60. The van der Waals surface area contributed by atoms with Crippen molar-refractivity contribution in [3.63, 3.8) is 0 Å². The van der Waals surface area contributed by atoms with Gasteiger partial charge in [0.15, 0.2) is 18.3 Å². The molecule has 35 heavy (non-hydrogen) atoms. The number of fused-ring (bicyclic) bond motifs is 2. The van der Waals surface area contributed by atoms with Crippen molar-refractivity contribution in [2.75, 3.05) is 31.9 Å². The molecule has 0 amide bonds. The second kappa shape index (κ2) is 9.43. The largest absolute Gasteiger partial charge is 0.467 e. The Morgan fingerprint density at radius 3 is 2.63 bits per heavy atom. The molecule has 4 heterocycles. The topological polar surface area (TPSA) is 85.5 Å². The molecule has 1 aliphatic rings. The van der Waals surface area contributed by atoms with Crippen LogP contribution in [0.15, 0.2) is 40.8 Å². The molecule has 5 rings (SSSR count). The third-order valence-corrected chi connectivity index (χ3v) is 6.12. The van der Waals surface area contributed by atoms with Gasteiger partial charge >= 0.3 is 0 Å². The number of aryl methyl sites for hydroxylation is 1. The maximum absolute atomic E-state index is 5.89. The monoisotopic (exact) mass is 475 g/mol. The number of oxazole rings is 1. The van der Waals surface area contributed by atoms with Crippen LogP contribution in [0.4, 0.5) is 5.82 Å². The smallest absolute Gasteiger partial charge is 0.195 e. The van der Waals surface area contributed by atoms with Crippen molar-refractivity contribution in [2.45, 2.75) is 52.1 Å². The van der Waals surface area contributed by atoms with Gasteiger partial charge in [0.1, 0.15) is 17.1 Å². The van der Waals surface area contributed by atoms with Crippen LogP contribution in [-0.4, -0.2) is 53.5 Å². The fourth-order valence-corrected chi connectivity index (χ4v) is 4.62. The Bertz CT molecular complexity index is 1340. The zero-order valence-corrected chi connectivity index (χ0v) is 21.1. The Morgan fingerprint density at radius 1 is 1.06 bits per heavy atom. The van der Waals surface area contributed by atoms with E-state index in [4.69, 9.17) is 23.9 Å². The Morgan fingerprint density at radius 2 is 1.86 bits per heavy atom. The molecule has 1 aliphatic heterocycles. The van der Waals surface area contributed by atoms with Crippen molar-refractivity contribution in [3.05, 3.63) is 42.3 Å². The highest BCUT2D eigenvalue weighted by Crippen LogP contribution is 2.35. The van der Waals surface area contributed by atoms with Gasteiger partial charge in [0.25, 0.3) is 0 Å². The maximum atomic E-state index is 5.89. The molecular weight excluding hydrogens is 442 g/mol. The number of rotatable bonds is 7. The summed E-state index contributed by atoms with van der Waals surface area (Å²) in [6.07, 6.45) is 1.84. The predicted molar refractivity (Wildman–Crippen MR) is 138 cm³/mol. The molecule has 0 spiro atoms. The lowest BCUT2D eigenvalue weighted by Crippen LogP contribution is -2.44. The van der Waals surface area contributed by atoms with E-state index in [0.29, 0.717) is 23.3 Å². The average molecular weight is 476 g/mol. The Balaban J connectivity index is 1.45. The summed E-state index contributed by atoms with van der Waals surface area (Å²) in [4.78, 5) is 16.7. The van der Waals surface area contributed by atoms with Crippen molar-refractivity contribution >= 4 is 28.0 Å². The minimum Gasteiger partial charge on any atom is -0.467 e. The summed E-state index contributed by atoms with van der Waals surface area (Å²) in [6, 6.07) is 12.4. The quantitative estimate of drug-likeness (QED) is 0.376. The predicted octanol–water partition coefficient (Wildman–Crippen LogP) is 4.95. The minimum absolute atomic E-state index is 0.108. The number of pyridine rings is 2. The lowest BCUT2D eigenvalue weighted by molar-refractivity contribution is 0.0516. The van der Waals surface area contributed by atoms with Crippen LogP contribution < -0.4 is 15.0 Å². The average Bonchev–Trinajstić information content (AvgIpc) is 3.46. The van der Waals surface area contributed by atoms with Crippen molar-refractivity contribution in [3.8, 4) is 17.0 Å². The van der Waals surface area contributed by atoms with Gasteiger partial charge in [0.2, 0.25) is 0 Å². The zero-order chi connectivity index (χ0) is 24.6. The zero-order valence-electron chi connectivity index (χ0n) is 21.1. The van der Waals surface area contributed by atoms with Crippen LogP contribution in [0.5, 0.6) is 5.75 Å². The Labute approximate surface area is 205 Å². The molecule has 8 heteroatoms. The van der Waals surface area contributed by atoms with Crippen LogP contribution in [0.2, 0.25) is 0 Å². The molecule has 0 radical (unpaired) electrons. The molecule has 0 aliphatic carbocycles. The SMILES string of the molecule is CCc1nc2cc(OCOC)c(-c3ccc4nc(N5CC[C@@H](NC(C)(C)C)C5)ccc4n3)cc2o1. The number of nitrogens with zero attached hydrogens (tertiary/aromatic N) is 4. The van der Waals surface area contributed by atoms with Gasteiger partial charge in [-0.3, -0.25) is 0 Å². The first kappa shape index (κ1) is 23.5. The molecule has 0 saturated carbocycles. The van der Waals surface area contributed by atoms with Gasteiger partial charge in [-0.1, -0.05) is 6.92 Å². The second-order valence-electron chi connectivity index (χ2n) is 10.1. The number of methoxy groups -OCH3 is 1. The van der Waals surface area contributed by atoms with Gasteiger partial charge in [-0.2, -0.15) is 0 Å². The summed E-state index contributed by atoms with van der Waals surface area (Å²) >= 11 is 0. The number of hydrogen-bond donors (Lipinski definition) is 1. The lowest BCUT2D eigenvalue weighted by atomic mass is 10.1. The highest BCUT2D eigenvalue weighted by atomic mass is 16.7. The maximum Gasteiger partial charge on any atom is 0.195 e. The molecule has 1 aromatic carbocycles. The van der Waals surface area contributed by atoms with Gasteiger partial charge < -0.3 is 24.1 Å². The normalized spacial score (nSPS) is 16.5. The van der Waals surface area contributed by atoms with Crippen molar-refractivity contribution < 1.29 is 13.9 Å². The van der Waals surface area contributed by atoms with E-state index in [1.165, 1.54) is 0 Å². The molecule has 184 valence electrons. The lowest BCUT2D eigenvalue weighted by Gasteiger charge is -2.26. The van der Waals surface area contributed by atoms with E-state index >= 15 is 0 Å². The molecule has 8 nitrogen and oxygen atoms in total. The van der Waals surface area contributed by atoms with E-state index in [9.17, 15) is 0 Å². The molecule has 1 atom stereocenters. The van der Waals surface area contributed by atoms with Gasteiger partial charge in [-0.25, -0.2) is 15.0 Å². The first-order valence-corrected chi connectivity index (χ1v) is 12.2. The molecule has 0 unspecified atom stereocenters. The van der Waals surface area contributed by atoms with Crippen LogP contribution in [0, 0.1) is 0 Å². The third kappa shape index (κ3) is 5.09. The van der Waals surface area contributed by atoms with Crippen LogP contribution in [0.3, 0.4) is 0 Å². The Hall–Kier alpha value is -3.23. The summed E-state index contributed by atoms with van der Waals surface area (Å²) in [6.45, 7) is 10.7. The number of anilines is 1. The molecule has 1 N–H and O–H groups in total. The standard InChI is InChI=1S/C27H33N5O3/c1-6-26-30-22-14-23(34-16-33-5)18(13-24(22)35-26)19-7-8-21-20(28-19)9-10-25(29-21)32-12-11-17(15-32)31-27(2,3)4/h7-10,13-14,17,31H,6,11-12,15-16H2,1-5H3/t17-/m1/s1. The van der Waals surface area contributed by atoms with Crippen LogP contribution in [0.1, 0.15) is 40.0 Å². The van der Waals surface area contributed by atoms with Crippen LogP contribution in [0.25, 0.3) is 33.4 Å². The van der Waals surface area contributed by atoms with E-state index in [0.717, 1.165) is 59.6 Å².